The summed E-state index contributed by atoms with van der Waals surface area (Å²) in [5.74, 6) is -2.46. The molecule has 2 aromatic heterocycles. The lowest BCUT2D eigenvalue weighted by Gasteiger charge is -2.28. The molecule has 54 heavy (non-hydrogen) atoms. The van der Waals surface area contributed by atoms with Crippen LogP contribution in [0, 0.1) is 25.6 Å². The van der Waals surface area contributed by atoms with E-state index in [4.69, 9.17) is 4.74 Å². The molecule has 3 fully saturated rings. The summed E-state index contributed by atoms with van der Waals surface area (Å²) in [6.45, 7) is 4.16. The fourth-order valence-electron chi connectivity index (χ4n) is 6.37. The molecule has 4 amide bonds. The summed E-state index contributed by atoms with van der Waals surface area (Å²) in [6.07, 6.45) is 10.5. The topological polar surface area (TPSA) is 190 Å². The molecule has 3 atom stereocenters. The number of hydrogen-bond acceptors (Lipinski definition) is 11. The first-order chi connectivity index (χ1) is 25.7. The molecular weight excluding hydrogens is 738 g/mol. The van der Waals surface area contributed by atoms with Gasteiger partial charge in [-0.3, -0.25) is 23.9 Å². The fourth-order valence-corrected chi connectivity index (χ4v) is 8.33. The van der Waals surface area contributed by atoms with E-state index < -0.39 is 68.9 Å². The summed E-state index contributed by atoms with van der Waals surface area (Å²) in [5.41, 5.74) is 2.79. The highest BCUT2D eigenvalue weighted by Gasteiger charge is 2.51. The van der Waals surface area contributed by atoms with E-state index in [0.29, 0.717) is 53.4 Å². The molecule has 1 saturated heterocycles. The van der Waals surface area contributed by atoms with Crippen molar-refractivity contribution in [3.63, 3.8) is 0 Å². The lowest BCUT2D eigenvalue weighted by molar-refractivity contribution is -0.140. The standard InChI is InChI=1S/C37H46FN7O7S2/c1-22-32(53-21-40-22)34(48)42-28(12-8-6-4-5-7-10-24-14-15-24)36(49)45-20-25(52-35-23(2)41-27-13-9-11-26(38)31(27)43-35)18-29(45)33(47)39-19-30(46)44-54(50,51)37(3)16-17-37/h7,9-11,13,21,24-25,28-29H,4-6,8,12,14-20H2,1-3H3,(H,39,47)(H,42,48)(H,44,46)/t25-,28+,29+/m1/s1. The van der Waals surface area contributed by atoms with E-state index in [9.17, 15) is 32.0 Å². The molecule has 0 spiro atoms. The SMILES string of the molecule is Cc1nc2cccc(F)c2nc1O[C@@H]1C[C@@H](C(=O)NCC(=O)NS(=O)(=O)C2(C)CC2)N(C(=O)[C@H](CCCCCC=CC2CC2)NC(=O)c2scnc2C)C1. The van der Waals surface area contributed by atoms with Crippen LogP contribution in [0.4, 0.5) is 4.39 Å². The number of aryl methyl sites for hydroxylation is 2. The monoisotopic (exact) mass is 783 g/mol. The summed E-state index contributed by atoms with van der Waals surface area (Å²) >= 11 is 1.16. The molecule has 6 rings (SSSR count). The number of amides is 4. The van der Waals surface area contributed by atoms with Gasteiger partial charge in [0.25, 0.3) is 11.8 Å². The number of halogens is 1. The lowest BCUT2D eigenvalue weighted by atomic mass is 10.0. The number of fused-ring (bicyclic) bond motifs is 1. The Kier molecular flexibility index (Phi) is 12.0. The van der Waals surface area contributed by atoms with Crippen molar-refractivity contribution in [3.05, 3.63) is 57.9 Å². The van der Waals surface area contributed by atoms with Crippen LogP contribution in [0.3, 0.4) is 0 Å². The predicted molar refractivity (Wildman–Crippen MR) is 200 cm³/mol. The third-order valence-electron chi connectivity index (χ3n) is 10.1. The largest absolute Gasteiger partial charge is 0.471 e. The van der Waals surface area contributed by atoms with Crippen LogP contribution in [-0.4, -0.2) is 87.9 Å². The molecule has 0 unspecified atom stereocenters. The molecule has 0 bridgehead atoms. The second-order valence-electron chi connectivity index (χ2n) is 14.6. The van der Waals surface area contributed by atoms with Crippen molar-refractivity contribution in [1.29, 1.82) is 0 Å². The van der Waals surface area contributed by atoms with Gasteiger partial charge in [0.2, 0.25) is 27.7 Å². The number of aromatic nitrogens is 3. The maximum absolute atomic E-state index is 14.6. The van der Waals surface area contributed by atoms with Gasteiger partial charge in [-0.05, 0) is 83.8 Å². The molecule has 1 aliphatic heterocycles. The number of unbranched alkanes of at least 4 members (excludes halogenated alkanes) is 3. The molecule has 3 heterocycles. The van der Waals surface area contributed by atoms with E-state index in [0.717, 1.165) is 30.6 Å². The van der Waals surface area contributed by atoms with Crippen LogP contribution in [0.5, 0.6) is 5.88 Å². The number of rotatable bonds is 17. The predicted octanol–water partition coefficient (Wildman–Crippen LogP) is 4.02. The van der Waals surface area contributed by atoms with E-state index in [-0.39, 0.29) is 24.4 Å². The van der Waals surface area contributed by atoms with Crippen LogP contribution in [-0.2, 0) is 24.4 Å². The number of nitrogens with zero attached hydrogens (tertiary/aromatic N) is 4. The van der Waals surface area contributed by atoms with Crippen molar-refractivity contribution < 1.29 is 36.7 Å². The Morgan fingerprint density at radius 3 is 2.59 bits per heavy atom. The Morgan fingerprint density at radius 2 is 1.89 bits per heavy atom. The summed E-state index contributed by atoms with van der Waals surface area (Å²) in [4.78, 5) is 68.8. The number of thiazole rings is 1. The number of likely N-dealkylation sites (tertiary alicyclic amines) is 1. The van der Waals surface area contributed by atoms with Crippen molar-refractivity contribution in [1.82, 2.24) is 35.2 Å². The molecule has 2 saturated carbocycles. The molecule has 290 valence electrons. The van der Waals surface area contributed by atoms with Crippen LogP contribution < -0.4 is 20.1 Å². The molecule has 2 aliphatic carbocycles. The molecule has 0 radical (unpaired) electrons. The zero-order valence-corrected chi connectivity index (χ0v) is 32.2. The van der Waals surface area contributed by atoms with Crippen LogP contribution in [0.15, 0.2) is 35.9 Å². The quantitative estimate of drug-likeness (QED) is 0.133. The van der Waals surface area contributed by atoms with Gasteiger partial charge in [0, 0.05) is 6.42 Å². The highest BCUT2D eigenvalue weighted by molar-refractivity contribution is 7.91. The second kappa shape index (κ2) is 16.5. The minimum Gasteiger partial charge on any atom is -0.471 e. The maximum atomic E-state index is 14.6. The van der Waals surface area contributed by atoms with Gasteiger partial charge in [-0.25, -0.2) is 27.8 Å². The van der Waals surface area contributed by atoms with Crippen LogP contribution in [0.1, 0.15) is 92.2 Å². The van der Waals surface area contributed by atoms with Crippen LogP contribution in [0.25, 0.3) is 11.0 Å². The summed E-state index contributed by atoms with van der Waals surface area (Å²) < 4.78 is 47.0. The molecular formula is C37H46FN7O7S2. The fraction of sp³-hybridized carbons (Fsp3) is 0.541. The summed E-state index contributed by atoms with van der Waals surface area (Å²) in [5, 5.41) is 5.36. The van der Waals surface area contributed by atoms with Gasteiger partial charge >= 0.3 is 0 Å². The lowest BCUT2D eigenvalue weighted by Crippen LogP contribution is -2.54. The number of sulfonamides is 1. The van der Waals surface area contributed by atoms with E-state index in [1.165, 1.54) is 36.8 Å². The third-order valence-corrected chi connectivity index (χ3v) is 13.3. The van der Waals surface area contributed by atoms with E-state index in [1.54, 1.807) is 25.4 Å². The zero-order valence-electron chi connectivity index (χ0n) is 30.6. The number of carbonyl (C=O) groups excluding carboxylic acids is 4. The zero-order chi connectivity index (χ0) is 38.6. The van der Waals surface area contributed by atoms with Crippen LogP contribution in [0.2, 0.25) is 0 Å². The van der Waals surface area contributed by atoms with Gasteiger partial charge in [0.15, 0.2) is 5.82 Å². The Morgan fingerprint density at radius 1 is 1.11 bits per heavy atom. The van der Waals surface area contributed by atoms with Gasteiger partial charge in [0.1, 0.15) is 34.3 Å². The first kappa shape index (κ1) is 39.2. The average molecular weight is 784 g/mol. The van der Waals surface area contributed by atoms with Crippen molar-refractivity contribution in [2.75, 3.05) is 13.1 Å². The highest BCUT2D eigenvalue weighted by atomic mass is 32.2. The first-order valence-electron chi connectivity index (χ1n) is 18.3. The Bertz CT molecular complexity index is 2050. The normalized spacial score (nSPS) is 19.8. The molecule has 3 N–H and O–H groups in total. The summed E-state index contributed by atoms with van der Waals surface area (Å²) in [7, 11) is -3.93. The number of nitrogens with one attached hydrogen (secondary N) is 3. The summed E-state index contributed by atoms with van der Waals surface area (Å²) in [6, 6.07) is 2.24. The van der Waals surface area contributed by atoms with Crippen molar-refractivity contribution in [3.8, 4) is 5.88 Å². The van der Waals surface area contributed by atoms with E-state index in [2.05, 4.69) is 37.7 Å². The van der Waals surface area contributed by atoms with E-state index >= 15 is 0 Å². The highest BCUT2D eigenvalue weighted by Crippen LogP contribution is 2.42. The molecule has 3 aliphatic rings. The molecule has 3 aromatic rings. The molecule has 14 nitrogen and oxygen atoms in total. The van der Waals surface area contributed by atoms with Crippen molar-refractivity contribution in [2.24, 2.45) is 5.92 Å². The van der Waals surface area contributed by atoms with Crippen molar-refractivity contribution in [2.45, 2.75) is 108 Å². The Hall–Kier alpha value is -4.51. The third kappa shape index (κ3) is 9.40. The van der Waals surface area contributed by atoms with Gasteiger partial charge in [-0.15, -0.1) is 11.3 Å². The number of allylic oxidation sites excluding steroid dienone is 2. The van der Waals surface area contributed by atoms with Crippen molar-refractivity contribution >= 4 is 56.0 Å². The van der Waals surface area contributed by atoms with E-state index in [1.807, 2.05) is 4.72 Å². The van der Waals surface area contributed by atoms with Gasteiger partial charge in [0.05, 0.1) is 34.6 Å². The minimum atomic E-state index is -3.93. The average Bonchev–Trinajstić information content (AvgIpc) is 4.02. The first-order valence-corrected chi connectivity index (χ1v) is 20.7. The number of para-hydroxylation sites is 1. The Balaban J connectivity index is 1.19. The van der Waals surface area contributed by atoms with Gasteiger partial charge in [-0.2, -0.15) is 0 Å². The smallest absolute Gasteiger partial charge is 0.263 e. The molecule has 1 aromatic carbocycles. The molecule has 17 heteroatoms. The number of ether oxygens (including phenoxy) is 1. The Labute approximate surface area is 317 Å². The number of hydrogen-bond donors (Lipinski definition) is 3. The minimum absolute atomic E-state index is 0.00325. The van der Waals surface area contributed by atoms with Crippen LogP contribution >= 0.6 is 11.3 Å². The maximum Gasteiger partial charge on any atom is 0.263 e. The van der Waals surface area contributed by atoms with Gasteiger partial charge in [-0.1, -0.05) is 31.1 Å². The van der Waals surface area contributed by atoms with Gasteiger partial charge < -0.3 is 20.3 Å². The number of carbonyl (C=O) groups is 4. The number of benzene rings is 1. The second-order valence-corrected chi connectivity index (χ2v) is 17.6.